The zero-order valence-electron chi connectivity index (χ0n) is 11.9. The van der Waals surface area contributed by atoms with Gasteiger partial charge in [-0.15, -0.1) is 0 Å². The summed E-state index contributed by atoms with van der Waals surface area (Å²) in [5.41, 5.74) is 4.82. The van der Waals surface area contributed by atoms with Crippen LogP contribution in [0, 0.1) is 6.92 Å². The first-order chi connectivity index (χ1) is 9.47. The van der Waals surface area contributed by atoms with Crippen LogP contribution in [0.1, 0.15) is 11.1 Å². The fourth-order valence-electron chi connectivity index (χ4n) is 1.98. The zero-order valence-corrected chi connectivity index (χ0v) is 15.0. The molecule has 4 heteroatoms. The smallest absolute Gasteiger partial charge is 0.0597 e. The van der Waals surface area contributed by atoms with Crippen LogP contribution in [0.15, 0.2) is 45.3 Å². The minimum Gasteiger partial charge on any atom is -0.379 e. The summed E-state index contributed by atoms with van der Waals surface area (Å²) in [6, 6.07) is 12.7. The summed E-state index contributed by atoms with van der Waals surface area (Å²) in [6.45, 7) is 2.90. The number of hydrogen-bond donors (Lipinski definition) is 1. The van der Waals surface area contributed by atoms with Crippen LogP contribution in [0.5, 0.6) is 0 Å². The van der Waals surface area contributed by atoms with Gasteiger partial charge in [-0.1, -0.05) is 44.0 Å². The molecule has 0 spiro atoms. The van der Waals surface area contributed by atoms with E-state index in [1.807, 2.05) is 0 Å². The molecule has 0 aliphatic rings. The third-order valence-electron chi connectivity index (χ3n) is 3.16. The van der Waals surface area contributed by atoms with Gasteiger partial charge in [-0.05, 0) is 42.3 Å². The number of hydrogen-bond acceptors (Lipinski definition) is 2. The molecule has 2 aromatic carbocycles. The van der Waals surface area contributed by atoms with Crippen LogP contribution in [0.25, 0.3) is 0 Å². The molecule has 0 fully saturated rings. The van der Waals surface area contributed by atoms with E-state index in [0.29, 0.717) is 0 Å². The van der Waals surface area contributed by atoms with Crippen LogP contribution in [0.2, 0.25) is 0 Å². The van der Waals surface area contributed by atoms with Gasteiger partial charge in [0.05, 0.1) is 11.4 Å². The predicted molar refractivity (Wildman–Crippen MR) is 94.7 cm³/mol. The molecule has 1 N–H and O–H groups in total. The summed E-state index contributed by atoms with van der Waals surface area (Å²) in [5.74, 6) is 0. The highest BCUT2D eigenvalue weighted by atomic mass is 79.9. The molecule has 0 amide bonds. The van der Waals surface area contributed by atoms with Crippen LogP contribution in [0.3, 0.4) is 0 Å². The molecule has 2 nitrogen and oxygen atoms in total. The van der Waals surface area contributed by atoms with Crippen molar-refractivity contribution in [3.05, 3.63) is 56.5 Å². The first-order valence-electron chi connectivity index (χ1n) is 6.43. The van der Waals surface area contributed by atoms with Gasteiger partial charge in [-0.25, -0.2) is 0 Å². The third kappa shape index (κ3) is 3.76. The maximum atomic E-state index is 3.58. The number of benzene rings is 2. The van der Waals surface area contributed by atoms with Crippen molar-refractivity contribution in [2.75, 3.05) is 24.3 Å². The average molecular weight is 398 g/mol. The Kier molecular flexibility index (Phi) is 5.11. The van der Waals surface area contributed by atoms with Gasteiger partial charge in [-0.3, -0.25) is 0 Å². The number of rotatable bonds is 4. The number of halogens is 2. The summed E-state index contributed by atoms with van der Waals surface area (Å²) in [6.07, 6.45) is 0. The Balaban J connectivity index is 2.17. The quantitative estimate of drug-likeness (QED) is 0.762. The molecule has 20 heavy (non-hydrogen) atoms. The van der Waals surface area contributed by atoms with E-state index in [1.165, 1.54) is 16.8 Å². The van der Waals surface area contributed by atoms with Crippen molar-refractivity contribution >= 4 is 43.2 Å². The van der Waals surface area contributed by atoms with E-state index in [1.54, 1.807) is 0 Å². The molecule has 0 saturated carbocycles. The lowest BCUT2D eigenvalue weighted by molar-refractivity contribution is 1.10. The van der Waals surface area contributed by atoms with Crippen LogP contribution >= 0.6 is 31.9 Å². The van der Waals surface area contributed by atoms with Gasteiger partial charge in [0.25, 0.3) is 0 Å². The zero-order chi connectivity index (χ0) is 14.7. The molecule has 0 saturated heterocycles. The highest BCUT2D eigenvalue weighted by Crippen LogP contribution is 2.28. The fourth-order valence-corrected chi connectivity index (χ4v) is 2.77. The highest BCUT2D eigenvalue weighted by Gasteiger charge is 2.05. The minimum atomic E-state index is 0.802. The Hall–Kier alpha value is -1.00. The molecule has 2 rings (SSSR count). The van der Waals surface area contributed by atoms with Crippen molar-refractivity contribution in [2.24, 2.45) is 0 Å². The average Bonchev–Trinajstić information content (AvgIpc) is 2.40. The molecule has 0 radical (unpaired) electrons. The van der Waals surface area contributed by atoms with E-state index in [2.05, 4.69) is 99.5 Å². The maximum Gasteiger partial charge on any atom is 0.0597 e. The van der Waals surface area contributed by atoms with Crippen molar-refractivity contribution in [2.45, 2.75) is 13.5 Å². The number of aryl methyl sites for hydroxylation is 1. The van der Waals surface area contributed by atoms with Crippen LogP contribution < -0.4 is 10.2 Å². The summed E-state index contributed by atoms with van der Waals surface area (Å²) < 4.78 is 2.23. The van der Waals surface area contributed by atoms with Crippen molar-refractivity contribution in [1.29, 1.82) is 0 Å². The van der Waals surface area contributed by atoms with E-state index in [9.17, 15) is 0 Å². The van der Waals surface area contributed by atoms with E-state index in [-0.39, 0.29) is 0 Å². The van der Waals surface area contributed by atoms with Gasteiger partial charge in [0.2, 0.25) is 0 Å². The van der Waals surface area contributed by atoms with Crippen molar-refractivity contribution in [3.8, 4) is 0 Å². The van der Waals surface area contributed by atoms with Crippen LogP contribution in [-0.4, -0.2) is 14.1 Å². The second-order valence-corrected chi connectivity index (χ2v) is 6.76. The molecule has 106 valence electrons. The normalized spacial score (nSPS) is 10.4. The molecule has 0 unspecified atom stereocenters. The second kappa shape index (κ2) is 6.64. The van der Waals surface area contributed by atoms with Crippen LogP contribution in [-0.2, 0) is 6.54 Å². The van der Waals surface area contributed by atoms with Gasteiger partial charge < -0.3 is 10.2 Å². The molecule has 0 aliphatic heterocycles. The third-order valence-corrected chi connectivity index (χ3v) is 4.51. The Bertz CT molecular complexity index is 609. The first-order valence-corrected chi connectivity index (χ1v) is 8.02. The summed E-state index contributed by atoms with van der Waals surface area (Å²) in [7, 11) is 4.10. The summed E-state index contributed by atoms with van der Waals surface area (Å²) >= 11 is 7.10. The van der Waals surface area contributed by atoms with Crippen molar-refractivity contribution < 1.29 is 0 Å². The molecule has 0 bridgehead atoms. The lowest BCUT2D eigenvalue weighted by Gasteiger charge is -2.19. The standard InChI is InChI=1S/C16H18Br2N2/c1-11-4-5-12(8-14(11)18)10-19-15-9-13(17)6-7-16(15)20(2)3/h4-9,19H,10H2,1-3H3. The lowest BCUT2D eigenvalue weighted by atomic mass is 10.1. The summed E-state index contributed by atoms with van der Waals surface area (Å²) in [4.78, 5) is 2.11. The van der Waals surface area contributed by atoms with E-state index >= 15 is 0 Å². The Morgan fingerprint density at radius 2 is 1.80 bits per heavy atom. The maximum absolute atomic E-state index is 3.58. The SMILES string of the molecule is Cc1ccc(CNc2cc(Br)ccc2N(C)C)cc1Br. The molecule has 0 aromatic heterocycles. The Labute approximate surface area is 137 Å². The van der Waals surface area contributed by atoms with E-state index < -0.39 is 0 Å². The van der Waals surface area contributed by atoms with Gasteiger partial charge in [0, 0.05) is 29.6 Å². The van der Waals surface area contributed by atoms with Gasteiger partial charge >= 0.3 is 0 Å². The van der Waals surface area contributed by atoms with Gasteiger partial charge in [-0.2, -0.15) is 0 Å². The number of nitrogens with zero attached hydrogens (tertiary/aromatic N) is 1. The Morgan fingerprint density at radius 3 is 2.45 bits per heavy atom. The molecular formula is C16H18Br2N2. The van der Waals surface area contributed by atoms with Gasteiger partial charge in [0.1, 0.15) is 0 Å². The van der Waals surface area contributed by atoms with Crippen molar-refractivity contribution in [1.82, 2.24) is 0 Å². The van der Waals surface area contributed by atoms with Crippen molar-refractivity contribution in [3.63, 3.8) is 0 Å². The summed E-state index contributed by atoms with van der Waals surface area (Å²) in [5, 5.41) is 3.51. The number of anilines is 2. The Morgan fingerprint density at radius 1 is 1.05 bits per heavy atom. The van der Waals surface area contributed by atoms with Gasteiger partial charge in [0.15, 0.2) is 0 Å². The molecular weight excluding hydrogens is 380 g/mol. The largest absolute Gasteiger partial charge is 0.379 e. The second-order valence-electron chi connectivity index (χ2n) is 4.99. The number of nitrogens with one attached hydrogen (secondary N) is 1. The highest BCUT2D eigenvalue weighted by molar-refractivity contribution is 9.10. The molecule has 0 heterocycles. The minimum absolute atomic E-state index is 0.802. The fraction of sp³-hybridized carbons (Fsp3) is 0.250. The van der Waals surface area contributed by atoms with E-state index in [4.69, 9.17) is 0 Å². The molecule has 0 aliphatic carbocycles. The monoisotopic (exact) mass is 396 g/mol. The lowest BCUT2D eigenvalue weighted by Crippen LogP contribution is -2.12. The first kappa shape index (κ1) is 15.4. The topological polar surface area (TPSA) is 15.3 Å². The van der Waals surface area contributed by atoms with E-state index in [0.717, 1.165) is 21.2 Å². The molecule has 0 atom stereocenters. The predicted octanol–water partition coefficient (Wildman–Crippen LogP) is 5.20. The van der Waals surface area contributed by atoms with Crippen LogP contribution in [0.4, 0.5) is 11.4 Å². The molecule has 2 aromatic rings.